The van der Waals surface area contributed by atoms with Gasteiger partial charge in [0.25, 0.3) is 0 Å². The molecule has 27 heavy (non-hydrogen) atoms. The van der Waals surface area contributed by atoms with Crippen molar-refractivity contribution in [2.24, 2.45) is 0 Å². The smallest absolute Gasteiger partial charge is 0.434 e. The molecule has 0 aliphatic rings. The number of rotatable bonds is 10. The molecule has 2 aromatic rings. The van der Waals surface area contributed by atoms with Crippen molar-refractivity contribution in [2.45, 2.75) is 12.8 Å². The zero-order valence-corrected chi connectivity index (χ0v) is 15.0. The van der Waals surface area contributed by atoms with Gasteiger partial charge in [0.15, 0.2) is 0 Å². The SMILES string of the molecule is C=CCOCCCCOC(=O)Oc1ccc(C(=O)Oc2ccccc2)cc1. The molecule has 0 aromatic heterocycles. The first-order chi connectivity index (χ1) is 13.2. The summed E-state index contributed by atoms with van der Waals surface area (Å²) in [4.78, 5) is 23.7. The fourth-order valence-electron chi connectivity index (χ4n) is 2.07. The average Bonchev–Trinajstić information content (AvgIpc) is 2.68. The predicted octanol–water partition coefficient (Wildman–Crippen LogP) is 4.40. The van der Waals surface area contributed by atoms with E-state index in [1.54, 1.807) is 30.3 Å². The van der Waals surface area contributed by atoms with E-state index in [4.69, 9.17) is 18.9 Å². The summed E-state index contributed by atoms with van der Waals surface area (Å²) in [6.45, 7) is 4.90. The van der Waals surface area contributed by atoms with E-state index < -0.39 is 12.1 Å². The Kier molecular flexibility index (Phi) is 8.59. The second kappa shape index (κ2) is 11.5. The molecule has 0 aliphatic carbocycles. The summed E-state index contributed by atoms with van der Waals surface area (Å²) in [6, 6.07) is 14.8. The monoisotopic (exact) mass is 370 g/mol. The van der Waals surface area contributed by atoms with Crippen LogP contribution in [0.5, 0.6) is 11.5 Å². The Bertz CT molecular complexity index is 724. The van der Waals surface area contributed by atoms with Crippen LogP contribution >= 0.6 is 0 Å². The summed E-state index contributed by atoms with van der Waals surface area (Å²) in [6.07, 6.45) is 2.35. The highest BCUT2D eigenvalue weighted by atomic mass is 16.7. The topological polar surface area (TPSA) is 71.1 Å². The van der Waals surface area contributed by atoms with E-state index in [9.17, 15) is 9.59 Å². The number of benzene rings is 2. The van der Waals surface area contributed by atoms with E-state index >= 15 is 0 Å². The fraction of sp³-hybridized carbons (Fsp3) is 0.238. The number of carbonyl (C=O) groups excluding carboxylic acids is 2. The normalized spacial score (nSPS) is 10.1. The van der Waals surface area contributed by atoms with E-state index in [1.165, 1.54) is 24.3 Å². The molecule has 0 fully saturated rings. The lowest BCUT2D eigenvalue weighted by atomic mass is 10.2. The molecule has 2 aromatic carbocycles. The summed E-state index contributed by atoms with van der Waals surface area (Å²) in [5.41, 5.74) is 0.346. The third-order valence-electron chi connectivity index (χ3n) is 3.38. The van der Waals surface area contributed by atoms with Crippen LogP contribution in [0.3, 0.4) is 0 Å². The van der Waals surface area contributed by atoms with Crippen LogP contribution in [-0.2, 0) is 9.47 Å². The van der Waals surface area contributed by atoms with Gasteiger partial charge in [-0.3, -0.25) is 0 Å². The van der Waals surface area contributed by atoms with E-state index in [0.717, 1.165) is 6.42 Å². The molecule has 0 bridgehead atoms. The lowest BCUT2D eigenvalue weighted by Gasteiger charge is -2.07. The number of esters is 1. The van der Waals surface area contributed by atoms with Crippen molar-refractivity contribution in [3.63, 3.8) is 0 Å². The molecule has 0 N–H and O–H groups in total. The number of ether oxygens (including phenoxy) is 4. The van der Waals surface area contributed by atoms with Crippen LogP contribution in [0.4, 0.5) is 4.79 Å². The van der Waals surface area contributed by atoms with Crippen LogP contribution in [0.2, 0.25) is 0 Å². The van der Waals surface area contributed by atoms with Gasteiger partial charge in [0.2, 0.25) is 0 Å². The molecule has 0 saturated heterocycles. The van der Waals surface area contributed by atoms with E-state index in [2.05, 4.69) is 6.58 Å². The minimum atomic E-state index is -0.790. The van der Waals surface area contributed by atoms with Gasteiger partial charge < -0.3 is 18.9 Å². The van der Waals surface area contributed by atoms with Gasteiger partial charge in [-0.05, 0) is 49.2 Å². The standard InChI is InChI=1S/C21H22O6/c1-2-14-24-15-6-7-16-25-21(23)27-19-12-10-17(11-13-19)20(22)26-18-8-4-3-5-9-18/h2-5,8-13H,1,6-7,14-16H2. The van der Waals surface area contributed by atoms with Crippen LogP contribution in [0.15, 0.2) is 67.3 Å². The molecule has 0 unspecified atom stereocenters. The van der Waals surface area contributed by atoms with Crippen molar-refractivity contribution in [1.29, 1.82) is 0 Å². The first kappa shape index (κ1) is 20.2. The second-order valence-electron chi connectivity index (χ2n) is 5.50. The average molecular weight is 370 g/mol. The quantitative estimate of drug-likeness (QED) is 0.203. The Balaban J connectivity index is 1.70. The second-order valence-corrected chi connectivity index (χ2v) is 5.50. The molecule has 0 spiro atoms. The minimum Gasteiger partial charge on any atom is -0.434 e. The summed E-state index contributed by atoms with van der Waals surface area (Å²) >= 11 is 0. The summed E-state index contributed by atoms with van der Waals surface area (Å²) in [5.74, 6) is 0.251. The number of carbonyl (C=O) groups is 2. The molecular formula is C21H22O6. The van der Waals surface area contributed by atoms with Gasteiger partial charge in [-0.2, -0.15) is 0 Å². The first-order valence-corrected chi connectivity index (χ1v) is 8.59. The number of hydrogen-bond acceptors (Lipinski definition) is 6. The largest absolute Gasteiger partial charge is 0.513 e. The van der Waals surface area contributed by atoms with Crippen LogP contribution in [0.1, 0.15) is 23.2 Å². The number of para-hydroxylation sites is 1. The van der Waals surface area contributed by atoms with E-state index in [0.29, 0.717) is 30.9 Å². The Hall–Kier alpha value is -3.12. The van der Waals surface area contributed by atoms with Crippen LogP contribution in [0, 0.1) is 0 Å². The Morgan fingerprint density at radius 3 is 2.22 bits per heavy atom. The molecule has 0 amide bonds. The van der Waals surface area contributed by atoms with Gasteiger partial charge in [0.05, 0.1) is 18.8 Å². The molecule has 6 nitrogen and oxygen atoms in total. The van der Waals surface area contributed by atoms with E-state index in [-0.39, 0.29) is 12.4 Å². The third-order valence-corrected chi connectivity index (χ3v) is 3.38. The zero-order valence-electron chi connectivity index (χ0n) is 15.0. The molecule has 142 valence electrons. The van der Waals surface area contributed by atoms with Gasteiger partial charge >= 0.3 is 12.1 Å². The molecule has 0 heterocycles. The molecular weight excluding hydrogens is 348 g/mol. The van der Waals surface area contributed by atoms with Gasteiger partial charge in [-0.25, -0.2) is 9.59 Å². The van der Waals surface area contributed by atoms with Crippen molar-refractivity contribution in [2.75, 3.05) is 19.8 Å². The maximum Gasteiger partial charge on any atom is 0.513 e. The lowest BCUT2D eigenvalue weighted by molar-refractivity contribution is 0.0734. The minimum absolute atomic E-state index is 0.248. The van der Waals surface area contributed by atoms with Crippen LogP contribution < -0.4 is 9.47 Å². The highest BCUT2D eigenvalue weighted by molar-refractivity contribution is 5.91. The zero-order chi connectivity index (χ0) is 19.3. The lowest BCUT2D eigenvalue weighted by Crippen LogP contribution is -2.12. The van der Waals surface area contributed by atoms with Crippen LogP contribution in [0.25, 0.3) is 0 Å². The Labute approximate surface area is 158 Å². The summed E-state index contributed by atoms with van der Waals surface area (Å²) in [5, 5.41) is 0. The Morgan fingerprint density at radius 1 is 0.852 bits per heavy atom. The predicted molar refractivity (Wildman–Crippen MR) is 100 cm³/mol. The molecule has 0 atom stereocenters. The van der Waals surface area contributed by atoms with Crippen molar-refractivity contribution in [3.05, 3.63) is 72.8 Å². The maximum atomic E-state index is 12.0. The highest BCUT2D eigenvalue weighted by Gasteiger charge is 2.10. The van der Waals surface area contributed by atoms with Gasteiger partial charge in [0, 0.05) is 6.61 Å². The van der Waals surface area contributed by atoms with Crippen molar-refractivity contribution in [3.8, 4) is 11.5 Å². The van der Waals surface area contributed by atoms with Crippen molar-refractivity contribution >= 4 is 12.1 Å². The summed E-state index contributed by atoms with van der Waals surface area (Å²) in [7, 11) is 0. The van der Waals surface area contributed by atoms with Gasteiger partial charge in [-0.1, -0.05) is 24.3 Å². The van der Waals surface area contributed by atoms with Crippen molar-refractivity contribution < 1.29 is 28.5 Å². The molecule has 2 rings (SSSR count). The van der Waals surface area contributed by atoms with Gasteiger partial charge in [-0.15, -0.1) is 6.58 Å². The van der Waals surface area contributed by atoms with Gasteiger partial charge in [0.1, 0.15) is 11.5 Å². The maximum absolute atomic E-state index is 12.0. The summed E-state index contributed by atoms with van der Waals surface area (Å²) < 4.78 is 20.5. The first-order valence-electron chi connectivity index (χ1n) is 8.59. The number of unbranched alkanes of at least 4 members (excludes halogenated alkanes) is 1. The molecule has 6 heteroatoms. The fourth-order valence-corrected chi connectivity index (χ4v) is 2.07. The highest BCUT2D eigenvalue weighted by Crippen LogP contribution is 2.16. The van der Waals surface area contributed by atoms with Crippen molar-refractivity contribution in [1.82, 2.24) is 0 Å². The Morgan fingerprint density at radius 2 is 1.52 bits per heavy atom. The third kappa shape index (κ3) is 7.75. The molecule has 0 aliphatic heterocycles. The molecule has 0 saturated carbocycles. The molecule has 0 radical (unpaired) electrons. The van der Waals surface area contributed by atoms with E-state index in [1.807, 2.05) is 6.07 Å². The van der Waals surface area contributed by atoms with Crippen LogP contribution in [-0.4, -0.2) is 31.9 Å². The number of hydrogen-bond donors (Lipinski definition) is 0.